The molecule has 0 radical (unpaired) electrons. The van der Waals surface area contributed by atoms with Crippen LogP contribution in [0.4, 0.5) is 11.4 Å². The van der Waals surface area contributed by atoms with E-state index in [-0.39, 0.29) is 5.72 Å². The molecule has 0 bridgehead atoms. The van der Waals surface area contributed by atoms with Crippen LogP contribution >= 0.6 is 0 Å². The van der Waals surface area contributed by atoms with Gasteiger partial charge in [0.15, 0.2) is 2.82 Å². The van der Waals surface area contributed by atoms with Gasteiger partial charge >= 0.3 is 0 Å². The third-order valence-corrected chi connectivity index (χ3v) is 1.75. The van der Waals surface area contributed by atoms with Gasteiger partial charge in [-0.3, -0.25) is 0 Å². The summed E-state index contributed by atoms with van der Waals surface area (Å²) >= 11 is 0. The highest BCUT2D eigenvalue weighted by molar-refractivity contribution is 5.56. The van der Waals surface area contributed by atoms with Crippen LogP contribution in [0.2, 0.25) is 2.82 Å². The van der Waals surface area contributed by atoms with Crippen molar-refractivity contribution in [1.82, 2.24) is 0 Å². The highest BCUT2D eigenvalue weighted by Gasteiger charge is 2.00. The summed E-state index contributed by atoms with van der Waals surface area (Å²) in [5, 5.41) is 2.28. The largest absolute Gasteiger partial charge is 0.495 e. The van der Waals surface area contributed by atoms with E-state index in [1.54, 1.807) is 0 Å². The number of methoxy groups -OCH3 is 1. The first kappa shape index (κ1) is 3.19. The number of nitrogens with one attached hydrogen (secondary N) is 1. The van der Waals surface area contributed by atoms with E-state index in [9.17, 15) is 0 Å². The Balaban J connectivity index is 2.68. The molecular formula is C14H16N2O. The van der Waals surface area contributed by atoms with Crippen molar-refractivity contribution in [2.24, 2.45) is 0 Å². The van der Waals surface area contributed by atoms with Crippen molar-refractivity contribution in [3.8, 4) is 5.75 Å². The van der Waals surface area contributed by atoms with Crippen molar-refractivity contribution in [3.05, 3.63) is 53.9 Å². The average molecular weight is 242 g/mol. The summed E-state index contributed by atoms with van der Waals surface area (Å²) in [6.07, 6.45) is 0. The molecule has 2 rings (SSSR count). The van der Waals surface area contributed by atoms with Gasteiger partial charge < -0.3 is 15.8 Å². The van der Waals surface area contributed by atoms with Gasteiger partial charge in [0.2, 0.25) is 0 Å². The number of rotatable bonds is 5. The molecule has 0 spiro atoms. The fourth-order valence-electron chi connectivity index (χ4n) is 1.01. The molecule has 0 saturated carbocycles. The molecule has 0 aromatic heterocycles. The first-order valence-corrected chi connectivity index (χ1v) is 4.46. The molecule has 3 N–H and O–H groups in total. The van der Waals surface area contributed by atoms with Gasteiger partial charge in [0.1, 0.15) is 5.75 Å². The monoisotopic (exact) mass is 242 g/mol. The molecule has 2 aromatic rings. The number of hydrogen-bond acceptors (Lipinski definition) is 3. The topological polar surface area (TPSA) is 47.3 Å². The van der Waals surface area contributed by atoms with E-state index in [1.165, 1.54) is 0 Å². The Morgan fingerprint density at radius 2 is 2.18 bits per heavy atom. The lowest BCUT2D eigenvalue weighted by Gasteiger charge is -2.10. The average Bonchev–Trinajstić information content (AvgIpc) is 2.65. The molecular weight excluding hydrogens is 212 g/mol. The summed E-state index contributed by atoms with van der Waals surface area (Å²) < 4.78 is 112. The lowest BCUT2D eigenvalue weighted by atomic mass is 10.2. The molecule has 0 fully saturated rings. The summed E-state index contributed by atoms with van der Waals surface area (Å²) in [5.74, 6) is -0.807. The van der Waals surface area contributed by atoms with Crippen molar-refractivity contribution >= 4 is 11.4 Å². The fraction of sp³-hybridized carbons (Fsp3) is 0.143. The molecule has 1 unspecified atom stereocenters. The van der Waals surface area contributed by atoms with Crippen LogP contribution in [-0.4, -0.2) is 7.04 Å². The van der Waals surface area contributed by atoms with Gasteiger partial charge in [0.05, 0.1) is 29.2 Å². The van der Waals surface area contributed by atoms with Crippen molar-refractivity contribution in [3.63, 3.8) is 0 Å². The Morgan fingerprint density at radius 3 is 2.94 bits per heavy atom. The molecule has 0 aliphatic heterocycles. The maximum absolute atomic E-state index is 8.25. The quantitative estimate of drug-likeness (QED) is 0.793. The summed E-state index contributed by atoms with van der Waals surface area (Å²) in [6, 6.07) is -6.20. The number of ether oxygens (including phenoxy) is 1. The number of nitrogens with two attached hydrogens (primary N) is 1. The summed E-state index contributed by atoms with van der Waals surface area (Å²) in [7, 11) is -3.09. The van der Waals surface area contributed by atoms with Gasteiger partial charge in [-0.1, -0.05) is 24.2 Å². The van der Waals surface area contributed by atoms with Crippen LogP contribution in [0.25, 0.3) is 0 Å². The number of para-hydroxylation sites is 2. The first-order chi connectivity index (χ1) is 14.1. The number of anilines is 2. The van der Waals surface area contributed by atoms with Crippen LogP contribution in [0.1, 0.15) is 22.0 Å². The van der Waals surface area contributed by atoms with Crippen molar-refractivity contribution < 1.29 is 24.0 Å². The van der Waals surface area contributed by atoms with Gasteiger partial charge in [-0.2, -0.15) is 0 Å². The van der Waals surface area contributed by atoms with Gasteiger partial charge in [-0.25, -0.2) is 0 Å². The third-order valence-electron chi connectivity index (χ3n) is 1.75. The second-order valence-corrected chi connectivity index (χ2v) is 2.86. The predicted octanol–water partition coefficient (Wildman–Crippen LogP) is 2.89. The molecule has 0 heterocycles. The lowest BCUT2D eigenvalue weighted by Crippen LogP contribution is -2.01. The number of nitrogen functional groups attached to an aromatic ring is 1. The van der Waals surface area contributed by atoms with E-state index in [4.69, 9.17) is 24.0 Å². The number of hydrogen-bond donors (Lipinski definition) is 2. The van der Waals surface area contributed by atoms with Gasteiger partial charge in [-0.15, -0.1) is 0 Å². The second-order valence-electron chi connectivity index (χ2n) is 2.86. The van der Waals surface area contributed by atoms with Crippen LogP contribution in [0.5, 0.6) is 5.75 Å². The van der Waals surface area contributed by atoms with E-state index in [0.29, 0.717) is 0 Å². The zero-order valence-electron chi connectivity index (χ0n) is 22.4. The Kier molecular flexibility index (Phi) is 0.987. The molecule has 3 heteroatoms. The van der Waals surface area contributed by atoms with Crippen molar-refractivity contribution in [2.75, 3.05) is 18.1 Å². The van der Waals surface area contributed by atoms with Crippen LogP contribution < -0.4 is 15.8 Å². The highest BCUT2D eigenvalue weighted by Crippen LogP contribution is 2.23. The van der Waals surface area contributed by atoms with E-state index >= 15 is 0 Å². The number of benzene rings is 2. The molecule has 0 saturated heterocycles. The first-order valence-electron chi connectivity index (χ1n) is 11.4. The van der Waals surface area contributed by atoms with E-state index in [0.717, 1.165) is 0 Å². The Labute approximate surface area is 121 Å². The third kappa shape index (κ3) is 2.91. The normalized spacial score (nSPS) is 24.0. The van der Waals surface area contributed by atoms with E-state index < -0.39 is 84.6 Å². The standard InChI is InChI=1S/C14H16N2O/c1-17-14-5-3-2-4-13(14)16-10-11-6-8-12(15)9-7-11/h2-9,16H,10,15H2,1H3/i1D3,2D,3D,4D,5D,6D,7D,8D,9D,10D/hD2. The molecule has 1 atom stereocenters. The lowest BCUT2D eigenvalue weighted by molar-refractivity contribution is 0.416. The molecule has 17 heavy (non-hydrogen) atoms. The molecule has 2 aromatic carbocycles. The van der Waals surface area contributed by atoms with E-state index in [1.807, 2.05) is 0 Å². The zero-order chi connectivity index (χ0) is 24.0. The fourth-order valence-corrected chi connectivity index (χ4v) is 1.01. The predicted molar refractivity (Wildman–Crippen MR) is 71.2 cm³/mol. The summed E-state index contributed by atoms with van der Waals surface area (Å²) in [4.78, 5) is 0. The minimum Gasteiger partial charge on any atom is -0.495 e. The van der Waals surface area contributed by atoms with Crippen LogP contribution in [0.3, 0.4) is 0 Å². The minimum atomic E-state index is -3.09. The Bertz CT molecular complexity index is 993. The molecule has 0 aliphatic carbocycles. The van der Waals surface area contributed by atoms with Crippen molar-refractivity contribution in [1.29, 1.82) is 0 Å². The molecule has 0 amide bonds. The SMILES string of the molecule is [2H]c1c([2H])c([2H])c(OC([2H])([2H])[2H])c(NC([2H])c2c([2H])c([2H])c(N([2H])[2H])c([2H])c2[2H])c1[2H]. The van der Waals surface area contributed by atoms with Crippen LogP contribution in [0.15, 0.2) is 48.3 Å². The van der Waals surface area contributed by atoms with Gasteiger partial charge in [-0.05, 0) is 29.7 Å². The Morgan fingerprint density at radius 1 is 1.35 bits per heavy atom. The highest BCUT2D eigenvalue weighted by atomic mass is 16.5. The zero-order valence-corrected chi connectivity index (χ0v) is 8.43. The van der Waals surface area contributed by atoms with Crippen LogP contribution in [-0.2, 0) is 6.52 Å². The minimum absolute atomic E-state index is 0.104. The van der Waals surface area contributed by atoms with Gasteiger partial charge in [0.25, 0.3) is 0 Å². The molecule has 88 valence electrons. The van der Waals surface area contributed by atoms with Crippen LogP contribution in [0, 0.1) is 0 Å². The van der Waals surface area contributed by atoms with E-state index in [2.05, 4.69) is 5.32 Å². The van der Waals surface area contributed by atoms with Crippen molar-refractivity contribution in [2.45, 2.75) is 6.52 Å². The molecule has 0 aliphatic rings. The Hall–Kier alpha value is -2.16. The maximum atomic E-state index is 8.25. The van der Waals surface area contributed by atoms with Gasteiger partial charge in [0, 0.05) is 12.2 Å². The summed E-state index contributed by atoms with van der Waals surface area (Å²) in [5.41, 5.74) is -1.93. The molecule has 3 nitrogen and oxygen atoms in total. The maximum Gasteiger partial charge on any atom is 0.156 e. The second kappa shape index (κ2) is 5.25. The smallest absolute Gasteiger partial charge is 0.156 e. The summed E-state index contributed by atoms with van der Waals surface area (Å²) in [6.45, 7) is -1.86.